The van der Waals surface area contributed by atoms with E-state index >= 15 is 0 Å². The summed E-state index contributed by atoms with van der Waals surface area (Å²) in [5, 5.41) is 19.9. The zero-order valence-electron chi connectivity index (χ0n) is 18.7. The summed E-state index contributed by atoms with van der Waals surface area (Å²) in [5.74, 6) is 2.22. The third-order valence-electron chi connectivity index (χ3n) is 5.33. The quantitative estimate of drug-likeness (QED) is 0.478. The number of anilines is 2. The van der Waals surface area contributed by atoms with Crippen LogP contribution in [-0.4, -0.2) is 51.6 Å². The second kappa shape index (κ2) is 9.70. The molecule has 172 valence electrons. The lowest BCUT2D eigenvalue weighted by atomic mass is 9.94. The fourth-order valence-electron chi connectivity index (χ4n) is 3.87. The van der Waals surface area contributed by atoms with Crippen LogP contribution in [0.15, 0.2) is 53.9 Å². The second-order valence-corrected chi connectivity index (χ2v) is 7.44. The molecule has 1 aliphatic heterocycles. The van der Waals surface area contributed by atoms with Crippen molar-refractivity contribution < 1.29 is 19.4 Å². The van der Waals surface area contributed by atoms with E-state index in [1.165, 1.54) is 0 Å². The average Bonchev–Trinajstić information content (AvgIpc) is 3.24. The van der Waals surface area contributed by atoms with Crippen LogP contribution in [0.3, 0.4) is 0 Å². The van der Waals surface area contributed by atoms with E-state index in [0.29, 0.717) is 58.8 Å². The van der Waals surface area contributed by atoms with Crippen molar-refractivity contribution in [2.75, 3.05) is 31.5 Å². The molecule has 4 rings (SSSR count). The summed E-state index contributed by atoms with van der Waals surface area (Å²) >= 11 is 0. The molecule has 0 bridgehead atoms. The van der Waals surface area contributed by atoms with E-state index in [9.17, 15) is 9.90 Å². The Morgan fingerprint density at radius 2 is 2.06 bits per heavy atom. The first-order chi connectivity index (χ1) is 16.1. The fraction of sp³-hybridized carbons (Fsp3) is 0.304. The van der Waals surface area contributed by atoms with Gasteiger partial charge in [-0.1, -0.05) is 18.2 Å². The highest BCUT2D eigenvalue weighted by molar-refractivity contribution is 6.05. The van der Waals surface area contributed by atoms with Crippen molar-refractivity contribution in [3.05, 3.63) is 65.3 Å². The Balaban J connectivity index is 1.84. The van der Waals surface area contributed by atoms with E-state index in [2.05, 4.69) is 25.7 Å². The number of rotatable bonds is 8. The number of para-hydroxylation sites is 1. The molecule has 1 atom stereocenters. The predicted molar refractivity (Wildman–Crippen MR) is 122 cm³/mol. The maximum atomic E-state index is 13.5. The number of nitrogens with one attached hydrogen (secondary N) is 2. The molecule has 0 aliphatic carbocycles. The zero-order chi connectivity index (χ0) is 23.4. The van der Waals surface area contributed by atoms with Gasteiger partial charge in [0.15, 0.2) is 17.3 Å². The highest BCUT2D eigenvalue weighted by atomic mass is 16.5. The maximum Gasteiger partial charge on any atom is 0.257 e. The molecule has 0 radical (unpaired) electrons. The molecular weight excluding hydrogens is 424 g/mol. The predicted octanol–water partition coefficient (Wildman–Crippen LogP) is 2.54. The Morgan fingerprint density at radius 1 is 1.21 bits per heavy atom. The normalized spacial score (nSPS) is 15.0. The topological polar surface area (TPSA) is 123 Å². The van der Waals surface area contributed by atoms with Gasteiger partial charge in [0.1, 0.15) is 11.9 Å². The van der Waals surface area contributed by atoms with E-state index in [4.69, 9.17) is 9.47 Å². The number of benzene rings is 1. The molecule has 1 amide bonds. The first-order valence-corrected chi connectivity index (χ1v) is 10.5. The molecule has 3 heterocycles. The maximum absolute atomic E-state index is 13.5. The average molecular weight is 450 g/mol. The number of nitrogens with zero attached hydrogens (tertiary/aromatic N) is 4. The summed E-state index contributed by atoms with van der Waals surface area (Å²) in [7, 11) is 3.12. The molecule has 3 N–H and O–H groups in total. The van der Waals surface area contributed by atoms with E-state index in [0.717, 1.165) is 0 Å². The molecule has 10 heteroatoms. The summed E-state index contributed by atoms with van der Waals surface area (Å²) in [4.78, 5) is 22.3. The fourth-order valence-corrected chi connectivity index (χ4v) is 3.87. The number of aryl methyl sites for hydroxylation is 1. The van der Waals surface area contributed by atoms with Crippen LogP contribution in [0.25, 0.3) is 0 Å². The van der Waals surface area contributed by atoms with Gasteiger partial charge >= 0.3 is 0 Å². The van der Waals surface area contributed by atoms with Crippen molar-refractivity contribution >= 4 is 17.7 Å². The Bertz CT molecular complexity index is 1170. The number of hydrogen-bond acceptors (Lipinski definition) is 8. The van der Waals surface area contributed by atoms with E-state index in [1.54, 1.807) is 49.4 Å². The number of aliphatic hydroxyl groups is 1. The Morgan fingerprint density at radius 3 is 2.76 bits per heavy atom. The zero-order valence-corrected chi connectivity index (χ0v) is 18.7. The van der Waals surface area contributed by atoms with Crippen molar-refractivity contribution in [2.24, 2.45) is 0 Å². The molecular formula is C23H26N6O4. The minimum atomic E-state index is -0.634. The van der Waals surface area contributed by atoms with Gasteiger partial charge < -0.3 is 25.2 Å². The molecule has 0 spiro atoms. The van der Waals surface area contributed by atoms with Crippen LogP contribution in [0.2, 0.25) is 0 Å². The van der Waals surface area contributed by atoms with E-state index in [-0.39, 0.29) is 12.5 Å². The highest BCUT2D eigenvalue weighted by Gasteiger charge is 2.36. The molecule has 3 aromatic rings. The SMILES string of the molecule is COc1cccc(C2C(C(=O)Nc3ccccn3)=C(C)Nc3nc(CCCO)nn32)c1OC. The lowest BCUT2D eigenvalue weighted by Gasteiger charge is -2.29. The summed E-state index contributed by atoms with van der Waals surface area (Å²) < 4.78 is 12.8. The van der Waals surface area contributed by atoms with Gasteiger partial charge in [0.25, 0.3) is 5.91 Å². The molecule has 0 fully saturated rings. The van der Waals surface area contributed by atoms with Gasteiger partial charge in [-0.2, -0.15) is 10.1 Å². The van der Waals surface area contributed by atoms with Crippen LogP contribution < -0.4 is 20.1 Å². The van der Waals surface area contributed by atoms with Crippen molar-refractivity contribution in [2.45, 2.75) is 25.8 Å². The minimum Gasteiger partial charge on any atom is -0.493 e. The van der Waals surface area contributed by atoms with Crippen molar-refractivity contribution in [1.29, 1.82) is 0 Å². The lowest BCUT2D eigenvalue weighted by Crippen LogP contribution is -2.32. The number of fused-ring (bicyclic) bond motifs is 1. The van der Waals surface area contributed by atoms with Crippen LogP contribution in [0.1, 0.15) is 30.8 Å². The number of allylic oxidation sites excluding steroid dienone is 1. The molecule has 10 nitrogen and oxygen atoms in total. The summed E-state index contributed by atoms with van der Waals surface area (Å²) in [6.07, 6.45) is 2.66. The van der Waals surface area contributed by atoms with Gasteiger partial charge in [0.2, 0.25) is 5.95 Å². The van der Waals surface area contributed by atoms with Crippen molar-refractivity contribution in [3.63, 3.8) is 0 Å². The van der Waals surface area contributed by atoms with Gasteiger partial charge in [-0.15, -0.1) is 0 Å². The third-order valence-corrected chi connectivity index (χ3v) is 5.33. The highest BCUT2D eigenvalue weighted by Crippen LogP contribution is 2.42. The number of carbonyl (C=O) groups is 1. The van der Waals surface area contributed by atoms with Gasteiger partial charge in [-0.3, -0.25) is 4.79 Å². The number of aliphatic hydroxyl groups excluding tert-OH is 1. The van der Waals surface area contributed by atoms with Crippen LogP contribution in [0.4, 0.5) is 11.8 Å². The number of pyridine rings is 1. The number of amides is 1. The molecule has 0 saturated heterocycles. The summed E-state index contributed by atoms with van der Waals surface area (Å²) in [5.41, 5.74) is 1.77. The molecule has 1 aromatic carbocycles. The largest absolute Gasteiger partial charge is 0.493 e. The first kappa shape index (κ1) is 22.3. The Labute approximate surface area is 191 Å². The first-order valence-electron chi connectivity index (χ1n) is 10.5. The lowest BCUT2D eigenvalue weighted by molar-refractivity contribution is -0.113. The van der Waals surface area contributed by atoms with E-state index in [1.807, 2.05) is 19.1 Å². The summed E-state index contributed by atoms with van der Waals surface area (Å²) in [6.45, 7) is 1.86. The number of aromatic nitrogens is 4. The molecule has 2 aromatic heterocycles. The number of methoxy groups -OCH3 is 2. The van der Waals surface area contributed by atoms with Crippen LogP contribution in [-0.2, 0) is 11.2 Å². The van der Waals surface area contributed by atoms with Gasteiger partial charge in [-0.05, 0) is 31.5 Å². The summed E-state index contributed by atoms with van der Waals surface area (Å²) in [6, 6.07) is 10.2. The van der Waals surface area contributed by atoms with Crippen LogP contribution >= 0.6 is 0 Å². The third kappa shape index (κ3) is 4.37. The smallest absolute Gasteiger partial charge is 0.257 e. The van der Waals surface area contributed by atoms with Crippen LogP contribution in [0.5, 0.6) is 11.5 Å². The number of carbonyl (C=O) groups excluding carboxylic acids is 1. The second-order valence-electron chi connectivity index (χ2n) is 7.44. The monoisotopic (exact) mass is 450 g/mol. The van der Waals surface area contributed by atoms with E-state index < -0.39 is 6.04 Å². The van der Waals surface area contributed by atoms with Gasteiger partial charge in [0, 0.05) is 30.5 Å². The van der Waals surface area contributed by atoms with Gasteiger partial charge in [-0.25, -0.2) is 9.67 Å². The minimum absolute atomic E-state index is 0.0411. The molecule has 0 saturated carbocycles. The van der Waals surface area contributed by atoms with Crippen molar-refractivity contribution in [3.8, 4) is 11.5 Å². The standard InChI is InChI=1S/C23H26N6O4/c1-14-19(22(31)26-17-10-4-5-12-24-17)20(15-8-6-9-16(32-2)21(15)33-3)29-23(25-14)27-18(28-29)11-7-13-30/h4-6,8-10,12,20,30H,7,11,13H2,1-3H3,(H,24,26,31)(H,25,27,28). The Hall–Kier alpha value is -3.92. The molecule has 1 aliphatic rings. The number of ether oxygens (including phenoxy) is 2. The van der Waals surface area contributed by atoms with Crippen LogP contribution in [0, 0.1) is 0 Å². The molecule has 33 heavy (non-hydrogen) atoms. The number of hydrogen-bond donors (Lipinski definition) is 3. The van der Waals surface area contributed by atoms with Crippen molar-refractivity contribution in [1.82, 2.24) is 19.7 Å². The Kier molecular flexibility index (Phi) is 6.55. The van der Waals surface area contributed by atoms with Gasteiger partial charge in [0.05, 0.1) is 19.8 Å². The molecule has 1 unspecified atom stereocenters.